The fourth-order valence-electron chi connectivity index (χ4n) is 8.21. The van der Waals surface area contributed by atoms with Crippen molar-refractivity contribution in [1.82, 2.24) is 0 Å². The molecule has 7 aromatic carbocycles. The first-order valence-electron chi connectivity index (χ1n) is 16.7. The van der Waals surface area contributed by atoms with Crippen molar-refractivity contribution in [2.24, 2.45) is 0 Å². The molecule has 222 valence electrons. The van der Waals surface area contributed by atoms with Gasteiger partial charge in [-0.2, -0.15) is 0 Å². The second-order valence-corrected chi connectivity index (χ2v) is 13.4. The monoisotopic (exact) mass is 599 g/mol. The lowest BCUT2D eigenvalue weighted by atomic mass is 9.89. The molecule has 47 heavy (non-hydrogen) atoms. The molecule has 1 aliphatic heterocycles. The lowest BCUT2D eigenvalue weighted by Gasteiger charge is -2.34. The lowest BCUT2D eigenvalue weighted by molar-refractivity contribution is 1.09. The highest BCUT2D eigenvalue weighted by molar-refractivity contribution is 5.88. The van der Waals surface area contributed by atoms with Gasteiger partial charge in [0.15, 0.2) is 0 Å². The largest absolute Gasteiger partial charge is 0.310 e. The molecule has 0 N–H and O–H groups in total. The fraction of sp³-hybridized carbons (Fsp3) is 0.0870. The quantitative estimate of drug-likeness (QED) is 0.195. The molecule has 0 saturated heterocycles. The summed E-state index contributed by atoms with van der Waals surface area (Å²) in [7, 11) is 0. The summed E-state index contributed by atoms with van der Waals surface area (Å²) in [5.41, 5.74) is 24.1. The summed E-state index contributed by atoms with van der Waals surface area (Å²) >= 11 is 0. The predicted molar refractivity (Wildman–Crippen MR) is 196 cm³/mol. The van der Waals surface area contributed by atoms with Crippen molar-refractivity contribution in [1.29, 1.82) is 0 Å². The van der Waals surface area contributed by atoms with Crippen LogP contribution in [0.1, 0.15) is 38.9 Å². The third-order valence-corrected chi connectivity index (χ3v) is 10.6. The van der Waals surface area contributed by atoms with E-state index in [-0.39, 0.29) is 0 Å². The Morgan fingerprint density at radius 2 is 0.766 bits per heavy atom. The van der Waals surface area contributed by atoms with Gasteiger partial charge in [-0.1, -0.05) is 115 Å². The standard InChI is InChI=1S/C46H33N/c1-29-10-16-40(17-11-29)47-45-20-14-32(30-12-18-43-36(22-30)26-34-6-2-4-8-41(34)43)24-38(45)28-39-25-33(15-21-46(39)47)31-13-19-44-37(23-31)27-35-7-3-5-9-42(35)44/h2-25H,26-28H2,1H3. The van der Waals surface area contributed by atoms with Gasteiger partial charge in [0.05, 0.1) is 0 Å². The molecule has 3 aliphatic rings. The van der Waals surface area contributed by atoms with Crippen LogP contribution < -0.4 is 4.90 Å². The zero-order chi connectivity index (χ0) is 31.1. The molecule has 0 fully saturated rings. The normalized spacial score (nSPS) is 13.3. The van der Waals surface area contributed by atoms with E-state index in [1.54, 1.807) is 0 Å². The maximum absolute atomic E-state index is 2.46. The van der Waals surface area contributed by atoms with Crippen molar-refractivity contribution < 1.29 is 0 Å². The second-order valence-electron chi connectivity index (χ2n) is 13.4. The maximum Gasteiger partial charge on any atom is 0.0497 e. The van der Waals surface area contributed by atoms with E-state index in [1.165, 1.54) is 101 Å². The van der Waals surface area contributed by atoms with Crippen LogP contribution in [0.4, 0.5) is 17.1 Å². The first-order chi connectivity index (χ1) is 23.2. The van der Waals surface area contributed by atoms with Gasteiger partial charge in [0.2, 0.25) is 0 Å². The number of aryl methyl sites for hydroxylation is 1. The van der Waals surface area contributed by atoms with Crippen LogP contribution in [-0.2, 0) is 19.3 Å². The molecule has 0 aromatic heterocycles. The van der Waals surface area contributed by atoms with Crippen LogP contribution in [-0.4, -0.2) is 0 Å². The Morgan fingerprint density at radius 1 is 0.362 bits per heavy atom. The minimum atomic E-state index is 0.904. The van der Waals surface area contributed by atoms with E-state index in [4.69, 9.17) is 0 Å². The molecule has 0 radical (unpaired) electrons. The van der Waals surface area contributed by atoms with Gasteiger partial charge in [-0.3, -0.25) is 0 Å². The molecule has 1 heteroatoms. The van der Waals surface area contributed by atoms with Crippen molar-refractivity contribution in [3.8, 4) is 44.5 Å². The van der Waals surface area contributed by atoms with Gasteiger partial charge in [-0.05, 0) is 134 Å². The Labute approximate surface area is 276 Å². The van der Waals surface area contributed by atoms with Gasteiger partial charge >= 0.3 is 0 Å². The van der Waals surface area contributed by atoms with Crippen molar-refractivity contribution in [2.75, 3.05) is 4.90 Å². The first-order valence-corrected chi connectivity index (χ1v) is 16.7. The van der Waals surface area contributed by atoms with Gasteiger partial charge < -0.3 is 4.90 Å². The van der Waals surface area contributed by atoms with Crippen molar-refractivity contribution in [2.45, 2.75) is 26.2 Å². The minimum Gasteiger partial charge on any atom is -0.310 e. The molecule has 0 bridgehead atoms. The zero-order valence-electron chi connectivity index (χ0n) is 26.4. The smallest absolute Gasteiger partial charge is 0.0497 e. The number of rotatable bonds is 3. The van der Waals surface area contributed by atoms with E-state index in [0.717, 1.165) is 19.3 Å². The highest BCUT2D eigenvalue weighted by Crippen LogP contribution is 2.47. The molecular formula is C46H33N. The van der Waals surface area contributed by atoms with Crippen LogP contribution in [0.15, 0.2) is 146 Å². The van der Waals surface area contributed by atoms with Crippen molar-refractivity contribution >= 4 is 17.1 Å². The van der Waals surface area contributed by atoms with E-state index in [0.29, 0.717) is 0 Å². The highest BCUT2D eigenvalue weighted by Gasteiger charge is 2.26. The highest BCUT2D eigenvalue weighted by atomic mass is 15.2. The molecule has 0 saturated carbocycles. The number of nitrogens with zero attached hydrogens (tertiary/aromatic N) is 1. The van der Waals surface area contributed by atoms with Gasteiger partial charge in [0.25, 0.3) is 0 Å². The van der Waals surface area contributed by atoms with Crippen LogP contribution in [0, 0.1) is 6.92 Å². The number of anilines is 3. The van der Waals surface area contributed by atoms with Crippen LogP contribution in [0.25, 0.3) is 44.5 Å². The topological polar surface area (TPSA) is 3.24 Å². The predicted octanol–water partition coefficient (Wildman–Crippen LogP) is 11.8. The summed E-state index contributed by atoms with van der Waals surface area (Å²) in [4.78, 5) is 2.46. The molecule has 2 aliphatic carbocycles. The summed E-state index contributed by atoms with van der Waals surface area (Å²) in [5, 5.41) is 0. The number of fused-ring (bicyclic) bond motifs is 8. The van der Waals surface area contributed by atoms with E-state index < -0.39 is 0 Å². The van der Waals surface area contributed by atoms with Crippen LogP contribution >= 0.6 is 0 Å². The number of hydrogen-bond donors (Lipinski definition) is 0. The van der Waals surface area contributed by atoms with E-state index in [1.807, 2.05) is 0 Å². The molecule has 0 amide bonds. The Hall–Kier alpha value is -5.66. The first kappa shape index (κ1) is 26.5. The summed E-state index contributed by atoms with van der Waals surface area (Å²) < 4.78 is 0. The Kier molecular flexibility index (Phi) is 5.75. The van der Waals surface area contributed by atoms with E-state index >= 15 is 0 Å². The van der Waals surface area contributed by atoms with Crippen LogP contribution in [0.3, 0.4) is 0 Å². The van der Waals surface area contributed by atoms with Crippen molar-refractivity contribution in [3.05, 3.63) is 185 Å². The van der Waals surface area contributed by atoms with Crippen molar-refractivity contribution in [3.63, 3.8) is 0 Å². The van der Waals surface area contributed by atoms with Crippen LogP contribution in [0.5, 0.6) is 0 Å². The summed E-state index contributed by atoms with van der Waals surface area (Å²) in [6.07, 6.45) is 2.92. The molecule has 7 aromatic rings. The average Bonchev–Trinajstić information content (AvgIpc) is 3.68. The van der Waals surface area contributed by atoms with E-state index in [9.17, 15) is 0 Å². The third kappa shape index (κ3) is 4.23. The summed E-state index contributed by atoms with van der Waals surface area (Å²) in [6.45, 7) is 2.16. The SMILES string of the molecule is Cc1ccc(N2c3ccc(-c4ccc5c(c4)Cc4ccccc4-5)cc3Cc3cc(-c4ccc5c(c4)Cc4ccccc4-5)ccc32)cc1. The van der Waals surface area contributed by atoms with Gasteiger partial charge in [0, 0.05) is 23.5 Å². The number of benzene rings is 7. The molecule has 0 atom stereocenters. The lowest BCUT2D eigenvalue weighted by Crippen LogP contribution is -2.18. The molecule has 0 unspecified atom stereocenters. The fourth-order valence-corrected chi connectivity index (χ4v) is 8.21. The summed E-state index contributed by atoms with van der Waals surface area (Å²) in [6, 6.07) is 54.9. The zero-order valence-corrected chi connectivity index (χ0v) is 26.4. The van der Waals surface area contributed by atoms with E-state index in [2.05, 4.69) is 157 Å². The molecule has 1 nitrogen and oxygen atoms in total. The van der Waals surface area contributed by atoms with Gasteiger partial charge in [-0.15, -0.1) is 0 Å². The maximum atomic E-state index is 2.46. The molecular weight excluding hydrogens is 567 g/mol. The molecule has 1 heterocycles. The Balaban J connectivity index is 1.05. The second kappa shape index (κ2) is 10.2. The Morgan fingerprint density at radius 3 is 1.28 bits per heavy atom. The minimum absolute atomic E-state index is 0.904. The third-order valence-electron chi connectivity index (χ3n) is 10.6. The van der Waals surface area contributed by atoms with Gasteiger partial charge in [0.1, 0.15) is 0 Å². The van der Waals surface area contributed by atoms with Crippen LogP contribution in [0.2, 0.25) is 0 Å². The molecule has 10 rings (SSSR count). The number of hydrogen-bond acceptors (Lipinski definition) is 1. The summed E-state index contributed by atoms with van der Waals surface area (Å²) in [5.74, 6) is 0. The van der Waals surface area contributed by atoms with Gasteiger partial charge in [-0.25, -0.2) is 0 Å². The molecule has 0 spiro atoms. The Bertz CT molecular complexity index is 2250. The average molecular weight is 600 g/mol.